The molecule has 0 radical (unpaired) electrons. The van der Waals surface area contributed by atoms with Gasteiger partial charge >= 0.3 is 0 Å². The van der Waals surface area contributed by atoms with Gasteiger partial charge in [0, 0.05) is 5.56 Å². The number of aryl methyl sites for hydroxylation is 1. The molecule has 1 aromatic carbocycles. The first kappa shape index (κ1) is 11.7. The van der Waals surface area contributed by atoms with E-state index in [9.17, 15) is 0 Å². The molecule has 0 atom stereocenters. The molecule has 0 aliphatic heterocycles. The fraction of sp³-hybridized carbons (Fsp3) is 0.182. The summed E-state index contributed by atoms with van der Waals surface area (Å²) < 4.78 is 5.09. The Hall–Kier alpha value is -1.82. The van der Waals surface area contributed by atoms with Gasteiger partial charge in [0.1, 0.15) is 0 Å². The third-order valence-electron chi connectivity index (χ3n) is 2.21. The van der Waals surface area contributed by atoms with E-state index in [2.05, 4.69) is 10.1 Å². The number of nitrogens with zero attached hydrogens (tertiary/aromatic N) is 2. The molecule has 3 N–H and O–H groups in total. The minimum absolute atomic E-state index is 0.0423. The summed E-state index contributed by atoms with van der Waals surface area (Å²) in [6.45, 7) is 2.00. The summed E-state index contributed by atoms with van der Waals surface area (Å²) in [4.78, 5) is 4.26. The second-order valence-corrected chi connectivity index (χ2v) is 4.50. The number of aromatic nitrogens is 2. The summed E-state index contributed by atoms with van der Waals surface area (Å²) in [5, 5.41) is 11.1. The van der Waals surface area contributed by atoms with Crippen LogP contribution in [0, 0.1) is 12.3 Å². The zero-order chi connectivity index (χ0) is 12.3. The molecule has 88 valence electrons. The lowest BCUT2D eigenvalue weighted by Gasteiger charge is -1.97. The molecule has 5 nitrogen and oxygen atoms in total. The van der Waals surface area contributed by atoms with Crippen molar-refractivity contribution in [3.8, 4) is 11.4 Å². The number of amidine groups is 1. The van der Waals surface area contributed by atoms with Gasteiger partial charge in [0.2, 0.25) is 11.7 Å². The van der Waals surface area contributed by atoms with E-state index in [0.29, 0.717) is 17.5 Å². The second-order valence-electron chi connectivity index (χ2n) is 3.48. The van der Waals surface area contributed by atoms with E-state index in [0.717, 1.165) is 22.9 Å². The van der Waals surface area contributed by atoms with Gasteiger partial charge in [-0.1, -0.05) is 41.2 Å². The summed E-state index contributed by atoms with van der Waals surface area (Å²) in [7, 11) is 0. The predicted octanol–water partition coefficient (Wildman–Crippen LogP) is 2.17. The lowest BCUT2D eigenvalue weighted by molar-refractivity contribution is 0.392. The maximum atomic E-state index is 7.10. The smallest absolute Gasteiger partial charge is 0.237 e. The number of thioether (sulfide) groups is 1. The number of hydrogen-bond acceptors (Lipinski definition) is 5. The van der Waals surface area contributed by atoms with E-state index in [1.165, 1.54) is 0 Å². The van der Waals surface area contributed by atoms with Crippen LogP contribution < -0.4 is 5.73 Å². The summed E-state index contributed by atoms with van der Waals surface area (Å²) in [6.07, 6.45) is 0. The van der Waals surface area contributed by atoms with Crippen molar-refractivity contribution in [1.82, 2.24) is 10.1 Å². The topological polar surface area (TPSA) is 88.8 Å². The van der Waals surface area contributed by atoms with E-state index >= 15 is 0 Å². The molecule has 0 aliphatic rings. The molecule has 0 bridgehead atoms. The van der Waals surface area contributed by atoms with Gasteiger partial charge < -0.3 is 10.3 Å². The Morgan fingerprint density at radius 3 is 2.94 bits per heavy atom. The van der Waals surface area contributed by atoms with Crippen LogP contribution in [0.5, 0.6) is 0 Å². The Labute approximate surface area is 103 Å². The first-order chi connectivity index (χ1) is 8.16. The van der Waals surface area contributed by atoms with Crippen LogP contribution in [0.1, 0.15) is 11.5 Å². The Balaban J connectivity index is 2.18. The zero-order valence-electron chi connectivity index (χ0n) is 9.30. The lowest BCUT2D eigenvalue weighted by atomic mass is 10.1. The van der Waals surface area contributed by atoms with E-state index < -0.39 is 0 Å². The number of hydrogen-bond donors (Lipinski definition) is 2. The molecule has 0 unspecified atom stereocenters. The summed E-state index contributed by atoms with van der Waals surface area (Å²) in [5.41, 5.74) is 7.29. The van der Waals surface area contributed by atoms with Gasteiger partial charge in [-0.2, -0.15) is 4.98 Å². The summed E-state index contributed by atoms with van der Waals surface area (Å²) in [6, 6.07) is 7.84. The van der Waals surface area contributed by atoms with Gasteiger partial charge in [-0.25, -0.2) is 0 Å². The summed E-state index contributed by atoms with van der Waals surface area (Å²) >= 11 is 1.16. The highest BCUT2D eigenvalue weighted by Crippen LogP contribution is 2.20. The average molecular weight is 248 g/mol. The van der Waals surface area contributed by atoms with Crippen molar-refractivity contribution in [2.24, 2.45) is 5.73 Å². The third kappa shape index (κ3) is 2.85. The number of rotatable bonds is 3. The first-order valence-electron chi connectivity index (χ1n) is 5.02. The highest BCUT2D eigenvalue weighted by Gasteiger charge is 2.10. The van der Waals surface area contributed by atoms with E-state index in [4.69, 9.17) is 15.7 Å². The number of nitrogens with one attached hydrogen (secondary N) is 1. The molecule has 1 aromatic heterocycles. The maximum Gasteiger partial charge on any atom is 0.237 e. The Kier molecular flexibility index (Phi) is 3.43. The average Bonchev–Trinajstić information content (AvgIpc) is 2.75. The molecule has 2 rings (SSSR count). The zero-order valence-corrected chi connectivity index (χ0v) is 10.1. The highest BCUT2D eigenvalue weighted by molar-refractivity contribution is 8.12. The van der Waals surface area contributed by atoms with E-state index in [1.807, 2.05) is 31.2 Å². The Morgan fingerprint density at radius 2 is 2.24 bits per heavy atom. The molecule has 0 saturated heterocycles. The SMILES string of the molecule is Cc1ccccc1-c1noc(CSC(=N)N)n1. The van der Waals surface area contributed by atoms with Crippen molar-refractivity contribution in [1.29, 1.82) is 5.41 Å². The molecule has 0 amide bonds. The molecular weight excluding hydrogens is 236 g/mol. The normalized spacial score (nSPS) is 10.4. The van der Waals surface area contributed by atoms with Crippen molar-refractivity contribution in [3.63, 3.8) is 0 Å². The quantitative estimate of drug-likeness (QED) is 0.642. The van der Waals surface area contributed by atoms with Crippen LogP contribution in [0.4, 0.5) is 0 Å². The van der Waals surface area contributed by atoms with Gasteiger partial charge in [-0.3, -0.25) is 5.41 Å². The molecule has 0 saturated carbocycles. The fourth-order valence-corrected chi connectivity index (χ4v) is 1.78. The number of benzene rings is 1. The Bertz CT molecular complexity index is 538. The van der Waals surface area contributed by atoms with Crippen LogP contribution in [0.15, 0.2) is 28.8 Å². The molecular formula is C11H12N4OS. The number of nitrogens with two attached hydrogens (primary N) is 1. The minimum Gasteiger partial charge on any atom is -0.379 e. The molecule has 2 aromatic rings. The molecule has 0 fully saturated rings. The Morgan fingerprint density at radius 1 is 1.47 bits per heavy atom. The first-order valence-corrected chi connectivity index (χ1v) is 6.01. The summed E-state index contributed by atoms with van der Waals surface area (Å²) in [5.74, 6) is 1.47. The van der Waals surface area contributed by atoms with Gasteiger partial charge in [0.25, 0.3) is 0 Å². The van der Waals surface area contributed by atoms with Gasteiger partial charge in [-0.05, 0) is 12.5 Å². The molecule has 1 heterocycles. The maximum absolute atomic E-state index is 7.10. The van der Waals surface area contributed by atoms with Crippen LogP contribution >= 0.6 is 11.8 Å². The van der Waals surface area contributed by atoms with Crippen LogP contribution in [0.25, 0.3) is 11.4 Å². The van der Waals surface area contributed by atoms with Crippen LogP contribution in [0.2, 0.25) is 0 Å². The largest absolute Gasteiger partial charge is 0.379 e. The van der Waals surface area contributed by atoms with Crippen molar-refractivity contribution < 1.29 is 4.52 Å². The molecule has 0 spiro atoms. The van der Waals surface area contributed by atoms with Gasteiger partial charge in [0.15, 0.2) is 5.17 Å². The van der Waals surface area contributed by atoms with E-state index in [-0.39, 0.29) is 5.17 Å². The monoisotopic (exact) mass is 248 g/mol. The van der Waals surface area contributed by atoms with Crippen molar-refractivity contribution in [3.05, 3.63) is 35.7 Å². The van der Waals surface area contributed by atoms with Gasteiger partial charge in [-0.15, -0.1) is 0 Å². The van der Waals surface area contributed by atoms with E-state index in [1.54, 1.807) is 0 Å². The van der Waals surface area contributed by atoms with Crippen molar-refractivity contribution in [2.45, 2.75) is 12.7 Å². The predicted molar refractivity (Wildman–Crippen MR) is 67.7 cm³/mol. The van der Waals surface area contributed by atoms with Crippen molar-refractivity contribution in [2.75, 3.05) is 0 Å². The second kappa shape index (κ2) is 5.01. The van der Waals surface area contributed by atoms with Crippen LogP contribution in [0.3, 0.4) is 0 Å². The minimum atomic E-state index is 0.0423. The highest BCUT2D eigenvalue weighted by atomic mass is 32.2. The van der Waals surface area contributed by atoms with Crippen molar-refractivity contribution >= 4 is 16.9 Å². The molecule has 0 aliphatic carbocycles. The lowest BCUT2D eigenvalue weighted by Crippen LogP contribution is -2.03. The van der Waals surface area contributed by atoms with Gasteiger partial charge in [0.05, 0.1) is 5.75 Å². The van der Waals surface area contributed by atoms with Crippen LogP contribution in [-0.2, 0) is 5.75 Å². The molecule has 17 heavy (non-hydrogen) atoms. The standard InChI is InChI=1S/C11H12N4OS/c1-7-4-2-3-5-8(7)10-14-9(16-15-10)6-17-11(12)13/h2-5H,6H2,1H3,(H3,12,13). The third-order valence-corrected chi connectivity index (χ3v) is 2.91. The fourth-order valence-electron chi connectivity index (χ4n) is 1.39. The molecule has 6 heteroatoms. The van der Waals surface area contributed by atoms with Crippen LogP contribution in [-0.4, -0.2) is 15.3 Å².